The number of hydrogen-bond donors (Lipinski definition) is 1. The molecule has 1 heterocycles. The van der Waals surface area contributed by atoms with Gasteiger partial charge in [-0.15, -0.1) is 0 Å². The molecular formula is C12H18F2O5. The molecule has 7 heteroatoms. The number of aliphatic hydroxyl groups is 1. The Hall–Kier alpha value is -0.790. The van der Waals surface area contributed by atoms with Crippen LogP contribution in [0.3, 0.4) is 0 Å². The van der Waals surface area contributed by atoms with Gasteiger partial charge < -0.3 is 19.3 Å². The van der Waals surface area contributed by atoms with Crippen LogP contribution in [0.1, 0.15) is 32.6 Å². The van der Waals surface area contributed by atoms with E-state index in [0.29, 0.717) is 13.2 Å². The number of rotatable bonds is 3. The monoisotopic (exact) mass is 280 g/mol. The maximum absolute atomic E-state index is 13.9. The van der Waals surface area contributed by atoms with Gasteiger partial charge in [0, 0.05) is 12.8 Å². The molecule has 1 aliphatic carbocycles. The molecule has 0 atom stereocenters. The molecule has 0 bridgehead atoms. The van der Waals surface area contributed by atoms with Gasteiger partial charge in [0.25, 0.3) is 0 Å². The Morgan fingerprint density at radius 1 is 1.26 bits per heavy atom. The van der Waals surface area contributed by atoms with Crippen LogP contribution < -0.4 is 0 Å². The largest absolute Gasteiger partial charge is 0.461 e. The normalized spacial score (nSPS) is 25.5. The van der Waals surface area contributed by atoms with Crippen LogP contribution in [0.5, 0.6) is 0 Å². The molecule has 1 saturated carbocycles. The van der Waals surface area contributed by atoms with Crippen LogP contribution in [0.2, 0.25) is 0 Å². The molecule has 0 aromatic heterocycles. The zero-order valence-electron chi connectivity index (χ0n) is 10.8. The first-order valence-electron chi connectivity index (χ1n) is 6.41. The van der Waals surface area contributed by atoms with Crippen molar-refractivity contribution in [1.29, 1.82) is 0 Å². The summed E-state index contributed by atoms with van der Waals surface area (Å²) in [7, 11) is 0. The third kappa shape index (κ3) is 2.46. The van der Waals surface area contributed by atoms with Crippen molar-refractivity contribution in [3.63, 3.8) is 0 Å². The molecule has 1 aliphatic heterocycles. The third-order valence-electron chi connectivity index (χ3n) is 3.77. The van der Waals surface area contributed by atoms with Crippen molar-refractivity contribution in [3.8, 4) is 0 Å². The molecule has 2 fully saturated rings. The van der Waals surface area contributed by atoms with Crippen molar-refractivity contribution in [2.24, 2.45) is 0 Å². The molecule has 1 N–H and O–H groups in total. The first-order valence-corrected chi connectivity index (χ1v) is 6.41. The third-order valence-corrected chi connectivity index (χ3v) is 3.77. The van der Waals surface area contributed by atoms with E-state index in [1.54, 1.807) is 0 Å². The minimum atomic E-state index is -3.91. The Balaban J connectivity index is 2.06. The van der Waals surface area contributed by atoms with Crippen LogP contribution in [0, 0.1) is 0 Å². The lowest BCUT2D eigenvalue weighted by Crippen LogP contribution is -2.58. The summed E-state index contributed by atoms with van der Waals surface area (Å²) >= 11 is 0. The Morgan fingerprint density at radius 2 is 1.79 bits per heavy atom. The second-order valence-corrected chi connectivity index (χ2v) is 4.93. The predicted octanol–water partition coefficient (Wildman–Crippen LogP) is 1.23. The fourth-order valence-corrected chi connectivity index (χ4v) is 2.56. The molecule has 5 nitrogen and oxygen atoms in total. The van der Waals surface area contributed by atoms with Gasteiger partial charge in [-0.05, 0) is 19.8 Å². The fraction of sp³-hybridized carbons (Fsp3) is 0.917. The Kier molecular flexibility index (Phi) is 3.81. The van der Waals surface area contributed by atoms with Gasteiger partial charge in [-0.1, -0.05) is 0 Å². The summed E-state index contributed by atoms with van der Waals surface area (Å²) in [5.41, 5.74) is -2.39. The van der Waals surface area contributed by atoms with Crippen molar-refractivity contribution in [3.05, 3.63) is 0 Å². The molecule has 0 unspecified atom stereocenters. The maximum Gasteiger partial charge on any atom is 0.380 e. The summed E-state index contributed by atoms with van der Waals surface area (Å²) in [6.07, 6.45) is -0.255. The topological polar surface area (TPSA) is 65.0 Å². The van der Waals surface area contributed by atoms with Gasteiger partial charge in [0.2, 0.25) is 0 Å². The minimum absolute atomic E-state index is 0.137. The predicted molar refractivity (Wildman–Crippen MR) is 59.6 cm³/mol. The number of halogens is 2. The zero-order chi connectivity index (χ0) is 14.1. The Morgan fingerprint density at radius 3 is 2.26 bits per heavy atom. The highest BCUT2D eigenvalue weighted by molar-refractivity contribution is 5.79. The molecule has 0 radical (unpaired) electrons. The number of ether oxygens (including phenoxy) is 3. The van der Waals surface area contributed by atoms with E-state index in [0.717, 1.165) is 0 Å². The lowest BCUT2D eigenvalue weighted by molar-refractivity contribution is -0.253. The number of carbonyl (C=O) groups is 1. The van der Waals surface area contributed by atoms with Gasteiger partial charge in [0.15, 0.2) is 5.79 Å². The number of carbonyl (C=O) groups excluding carboxylic acids is 1. The van der Waals surface area contributed by atoms with E-state index in [1.807, 2.05) is 0 Å². The maximum atomic E-state index is 13.9. The quantitative estimate of drug-likeness (QED) is 0.788. The molecule has 2 rings (SSSR count). The SMILES string of the molecule is CCOC(=O)C(F)(F)C1(O)CCC2(CC1)OCCO2. The van der Waals surface area contributed by atoms with Gasteiger partial charge >= 0.3 is 11.9 Å². The van der Waals surface area contributed by atoms with Crippen LogP contribution in [0.15, 0.2) is 0 Å². The van der Waals surface area contributed by atoms with E-state index >= 15 is 0 Å². The van der Waals surface area contributed by atoms with Crippen LogP contribution in [-0.2, 0) is 19.0 Å². The molecular weight excluding hydrogens is 262 g/mol. The molecule has 0 amide bonds. The van der Waals surface area contributed by atoms with Crippen molar-refractivity contribution in [2.75, 3.05) is 19.8 Å². The minimum Gasteiger partial charge on any atom is -0.461 e. The van der Waals surface area contributed by atoms with E-state index in [-0.39, 0.29) is 32.3 Å². The number of hydrogen-bond acceptors (Lipinski definition) is 5. The Bertz CT molecular complexity index is 342. The standard InChI is InChI=1S/C12H18F2O5/c1-2-17-9(15)12(13,14)10(16)3-5-11(6-4-10)18-7-8-19-11/h16H,2-8H2,1H3. The fourth-order valence-electron chi connectivity index (χ4n) is 2.56. The van der Waals surface area contributed by atoms with Crippen LogP contribution in [-0.4, -0.2) is 48.2 Å². The number of alkyl halides is 2. The highest BCUT2D eigenvalue weighted by atomic mass is 19.3. The summed E-state index contributed by atoms with van der Waals surface area (Å²) < 4.78 is 43.0. The molecule has 19 heavy (non-hydrogen) atoms. The second-order valence-electron chi connectivity index (χ2n) is 4.93. The van der Waals surface area contributed by atoms with E-state index in [2.05, 4.69) is 4.74 Å². The summed E-state index contributed by atoms with van der Waals surface area (Å²) in [6, 6.07) is 0. The van der Waals surface area contributed by atoms with Crippen molar-refractivity contribution < 1.29 is 32.9 Å². The van der Waals surface area contributed by atoms with Crippen molar-refractivity contribution >= 4 is 5.97 Å². The molecule has 0 aromatic rings. The van der Waals surface area contributed by atoms with Gasteiger partial charge in [0.1, 0.15) is 5.60 Å². The first-order chi connectivity index (χ1) is 8.85. The average Bonchev–Trinajstić information content (AvgIpc) is 2.82. The van der Waals surface area contributed by atoms with Crippen LogP contribution >= 0.6 is 0 Å². The van der Waals surface area contributed by atoms with E-state index in [1.165, 1.54) is 6.92 Å². The summed E-state index contributed by atoms with van der Waals surface area (Å²) in [4.78, 5) is 11.3. The molecule has 1 saturated heterocycles. The first kappa shape index (κ1) is 14.6. The summed E-state index contributed by atoms with van der Waals surface area (Å²) in [5, 5.41) is 10.1. The van der Waals surface area contributed by atoms with Crippen molar-refractivity contribution in [1.82, 2.24) is 0 Å². The van der Waals surface area contributed by atoms with E-state index in [4.69, 9.17) is 9.47 Å². The van der Waals surface area contributed by atoms with Gasteiger partial charge in [-0.2, -0.15) is 8.78 Å². The smallest absolute Gasteiger partial charge is 0.380 e. The average molecular weight is 280 g/mol. The second kappa shape index (κ2) is 4.96. The van der Waals surface area contributed by atoms with Gasteiger partial charge in [-0.3, -0.25) is 0 Å². The summed E-state index contributed by atoms with van der Waals surface area (Å²) in [6.45, 7) is 2.13. The Labute approximate surface area is 109 Å². The highest BCUT2D eigenvalue weighted by Gasteiger charge is 2.62. The van der Waals surface area contributed by atoms with Crippen molar-refractivity contribution in [2.45, 2.75) is 49.9 Å². The molecule has 2 aliphatic rings. The zero-order valence-corrected chi connectivity index (χ0v) is 10.8. The van der Waals surface area contributed by atoms with Gasteiger partial charge in [-0.25, -0.2) is 4.79 Å². The molecule has 110 valence electrons. The highest BCUT2D eigenvalue weighted by Crippen LogP contribution is 2.46. The lowest BCUT2D eigenvalue weighted by atomic mass is 9.77. The summed E-state index contributed by atoms with van der Waals surface area (Å²) in [5.74, 6) is -6.46. The molecule has 1 spiro atoms. The van der Waals surface area contributed by atoms with Gasteiger partial charge in [0.05, 0.1) is 19.8 Å². The van der Waals surface area contributed by atoms with Crippen LogP contribution in [0.25, 0.3) is 0 Å². The lowest BCUT2D eigenvalue weighted by Gasteiger charge is -2.42. The van der Waals surface area contributed by atoms with E-state index in [9.17, 15) is 18.7 Å². The molecule has 0 aromatic carbocycles. The van der Waals surface area contributed by atoms with Crippen LogP contribution in [0.4, 0.5) is 8.78 Å². The van der Waals surface area contributed by atoms with E-state index < -0.39 is 23.3 Å². The number of esters is 1.